The van der Waals surface area contributed by atoms with E-state index in [0.717, 1.165) is 25.7 Å². The number of hydrogen-bond acceptors (Lipinski definition) is 6. The van der Waals surface area contributed by atoms with Crippen LogP contribution in [0.1, 0.15) is 50.5 Å². The molecule has 0 aromatic heterocycles. The van der Waals surface area contributed by atoms with Gasteiger partial charge >= 0.3 is 5.97 Å². The Hall–Kier alpha value is -1.25. The summed E-state index contributed by atoms with van der Waals surface area (Å²) in [4.78, 5) is 24.0. The third-order valence-corrected chi connectivity index (χ3v) is 7.07. The van der Waals surface area contributed by atoms with Crippen LogP contribution in [0.2, 0.25) is 19.6 Å². The minimum absolute atomic E-state index is 0.0828. The Labute approximate surface area is 174 Å². The van der Waals surface area contributed by atoms with Gasteiger partial charge in [0.2, 0.25) is 0 Å². The van der Waals surface area contributed by atoms with Gasteiger partial charge in [-0.05, 0) is 44.5 Å². The lowest BCUT2D eigenvalue weighted by Crippen LogP contribution is -2.62. The van der Waals surface area contributed by atoms with Gasteiger partial charge in [0, 0.05) is 25.2 Å². The summed E-state index contributed by atoms with van der Waals surface area (Å²) in [7, 11) is -1.86. The van der Waals surface area contributed by atoms with Gasteiger partial charge in [0.25, 0.3) is 0 Å². The predicted molar refractivity (Wildman–Crippen MR) is 111 cm³/mol. The van der Waals surface area contributed by atoms with Crippen LogP contribution in [0.25, 0.3) is 0 Å². The quantitative estimate of drug-likeness (QED) is 0.521. The average molecular weight is 420 g/mol. The zero-order valence-corrected chi connectivity index (χ0v) is 18.9. The van der Waals surface area contributed by atoms with E-state index in [2.05, 4.69) is 50.0 Å². The average Bonchev–Trinajstić information content (AvgIpc) is 3.05. The van der Waals surface area contributed by atoms with Gasteiger partial charge in [-0.1, -0.05) is 42.0 Å². The van der Waals surface area contributed by atoms with Gasteiger partial charge < -0.3 is 9.16 Å². The highest BCUT2D eigenvalue weighted by atomic mass is 28.4. The van der Waals surface area contributed by atoms with Crippen LogP contribution in [0.4, 0.5) is 0 Å². The minimum atomic E-state index is -1.86. The van der Waals surface area contributed by atoms with Gasteiger partial charge in [0.05, 0.1) is 6.04 Å². The number of benzene rings is 1. The van der Waals surface area contributed by atoms with Gasteiger partial charge in [-0.25, -0.2) is 4.84 Å². The topological polar surface area (TPSA) is 57.2 Å². The van der Waals surface area contributed by atoms with E-state index in [1.165, 1.54) is 18.9 Å². The fraction of sp³-hybridized carbons (Fsp3) is 0.682. The lowest BCUT2D eigenvalue weighted by atomic mass is 9.68. The summed E-state index contributed by atoms with van der Waals surface area (Å²) in [6.07, 6.45) is 4.83. The number of carbonyl (C=O) groups excluding carboxylic acids is 1. The summed E-state index contributed by atoms with van der Waals surface area (Å²) >= 11 is 0. The normalized spacial score (nSPS) is 35.0. The predicted octanol–water partition coefficient (Wildman–Crippen LogP) is 4.39. The molecule has 2 heterocycles. The van der Waals surface area contributed by atoms with Gasteiger partial charge in [0.1, 0.15) is 12.7 Å². The van der Waals surface area contributed by atoms with Gasteiger partial charge in [-0.15, -0.1) is 0 Å². The van der Waals surface area contributed by atoms with Crippen LogP contribution in [0.3, 0.4) is 0 Å². The summed E-state index contributed by atoms with van der Waals surface area (Å²) in [6.45, 7) is 8.33. The molecule has 4 rings (SSSR count). The van der Waals surface area contributed by atoms with Crippen molar-refractivity contribution in [3.05, 3.63) is 35.9 Å². The largest absolute Gasteiger partial charge is 0.463 e. The smallest absolute Gasteiger partial charge is 0.302 e. The molecule has 3 fully saturated rings. The van der Waals surface area contributed by atoms with Crippen molar-refractivity contribution in [1.82, 2.24) is 5.23 Å². The van der Waals surface area contributed by atoms with E-state index in [0.29, 0.717) is 0 Å². The summed E-state index contributed by atoms with van der Waals surface area (Å²) in [5, 5.41) is 1.69. The van der Waals surface area contributed by atoms with Crippen molar-refractivity contribution in [2.75, 3.05) is 6.61 Å². The molecule has 0 unspecified atom stereocenters. The molecule has 0 bridgehead atoms. The van der Waals surface area contributed by atoms with Crippen LogP contribution in [0.5, 0.6) is 0 Å². The molecular weight excluding hydrogens is 386 g/mol. The third kappa shape index (κ3) is 4.44. The number of hydroxylamine groups is 2. The van der Waals surface area contributed by atoms with E-state index in [9.17, 15) is 4.79 Å². The molecule has 1 saturated carbocycles. The first-order valence-electron chi connectivity index (χ1n) is 10.8. The van der Waals surface area contributed by atoms with E-state index in [1.807, 2.05) is 0 Å². The fourth-order valence-electron chi connectivity index (χ4n) is 5.22. The van der Waals surface area contributed by atoms with Crippen molar-refractivity contribution in [1.29, 1.82) is 0 Å². The van der Waals surface area contributed by atoms with Gasteiger partial charge in [0.15, 0.2) is 14.1 Å². The number of hydrogen-bond donors (Lipinski definition) is 0. The van der Waals surface area contributed by atoms with Crippen LogP contribution in [-0.2, 0) is 23.6 Å². The Morgan fingerprint density at radius 1 is 1.24 bits per heavy atom. The first-order chi connectivity index (χ1) is 13.8. The van der Waals surface area contributed by atoms with Crippen molar-refractivity contribution in [2.45, 2.75) is 82.5 Å². The molecule has 3 aliphatic rings. The lowest BCUT2D eigenvalue weighted by molar-refractivity contribution is -0.482. The van der Waals surface area contributed by atoms with Crippen LogP contribution >= 0.6 is 0 Å². The Balaban J connectivity index is 1.68. The van der Waals surface area contributed by atoms with Crippen molar-refractivity contribution in [3.63, 3.8) is 0 Å². The maximum absolute atomic E-state index is 11.3. The first-order valence-corrected chi connectivity index (χ1v) is 14.2. The first kappa shape index (κ1) is 21.0. The van der Waals surface area contributed by atoms with Gasteiger partial charge in [-0.3, -0.25) is 9.63 Å². The lowest BCUT2D eigenvalue weighted by Gasteiger charge is -2.55. The highest BCUT2D eigenvalue weighted by Gasteiger charge is 2.60. The van der Waals surface area contributed by atoms with E-state index < -0.39 is 14.1 Å². The summed E-state index contributed by atoms with van der Waals surface area (Å²) in [6, 6.07) is 10.8. The highest BCUT2D eigenvalue weighted by molar-refractivity contribution is 6.69. The standard InChI is InChI=1S/C22H33NO5Si/c1-16(24)25-15-18-14-20-21(17-10-6-5-7-11-17)19-12-8-9-13-22(19,27-23(20)26-18)28-29(2,3)4/h5-7,10-11,18-21H,8-9,12-15H2,1-4H3/t18-,19-,20-,21-,22-/m1/s1. The van der Waals surface area contributed by atoms with Crippen molar-refractivity contribution >= 4 is 14.3 Å². The van der Waals surface area contributed by atoms with Crippen molar-refractivity contribution in [2.24, 2.45) is 5.92 Å². The molecule has 1 aromatic rings. The molecule has 2 saturated heterocycles. The number of nitrogens with zero attached hydrogens (tertiary/aromatic N) is 1. The summed E-state index contributed by atoms with van der Waals surface area (Å²) in [5.41, 5.74) is 1.30. The second-order valence-corrected chi connectivity index (χ2v) is 14.0. The second kappa shape index (κ2) is 8.11. The molecule has 6 nitrogen and oxygen atoms in total. The Morgan fingerprint density at radius 3 is 2.69 bits per heavy atom. The SMILES string of the molecule is CC(=O)OC[C@H]1C[C@@H]2[C@H](c3ccccc3)[C@H]3CCCC[C@]3(O[Si](C)(C)C)ON2O1. The summed E-state index contributed by atoms with van der Waals surface area (Å²) in [5.74, 6) is -0.395. The monoisotopic (exact) mass is 419 g/mol. The molecular formula is C22H33NO5Si. The second-order valence-electron chi connectivity index (χ2n) is 9.52. The number of carbonyl (C=O) groups is 1. The van der Waals surface area contributed by atoms with E-state index in [1.54, 1.807) is 5.23 Å². The number of rotatable bonds is 5. The Kier molecular flexibility index (Phi) is 5.87. The zero-order chi connectivity index (χ0) is 20.6. The van der Waals surface area contributed by atoms with Crippen LogP contribution < -0.4 is 0 Å². The Bertz CT molecular complexity index is 724. The molecule has 160 valence electrons. The molecule has 0 spiro atoms. The van der Waals surface area contributed by atoms with Crippen LogP contribution in [0.15, 0.2) is 30.3 Å². The molecule has 5 atom stereocenters. The third-order valence-electron chi connectivity index (χ3n) is 6.11. The van der Waals surface area contributed by atoms with Gasteiger partial charge in [-0.2, -0.15) is 0 Å². The minimum Gasteiger partial charge on any atom is -0.463 e. The van der Waals surface area contributed by atoms with E-state index >= 15 is 0 Å². The van der Waals surface area contributed by atoms with Crippen molar-refractivity contribution in [3.8, 4) is 0 Å². The molecule has 0 amide bonds. The molecule has 0 N–H and O–H groups in total. The van der Waals surface area contributed by atoms with Crippen LogP contribution in [0, 0.1) is 5.92 Å². The van der Waals surface area contributed by atoms with Crippen molar-refractivity contribution < 1.29 is 23.6 Å². The molecule has 1 aromatic carbocycles. The molecule has 0 radical (unpaired) electrons. The maximum Gasteiger partial charge on any atom is 0.302 e. The molecule has 7 heteroatoms. The molecule has 29 heavy (non-hydrogen) atoms. The number of fused-ring (bicyclic) bond motifs is 2. The summed E-state index contributed by atoms with van der Waals surface area (Å²) < 4.78 is 12.0. The highest BCUT2D eigenvalue weighted by Crippen LogP contribution is 2.55. The number of ether oxygens (including phenoxy) is 1. The van der Waals surface area contributed by atoms with E-state index in [-0.39, 0.29) is 36.6 Å². The molecule has 1 aliphatic carbocycles. The Morgan fingerprint density at radius 2 is 2.00 bits per heavy atom. The molecule has 2 aliphatic heterocycles. The fourth-order valence-corrected chi connectivity index (χ4v) is 6.55. The maximum atomic E-state index is 11.3. The van der Waals surface area contributed by atoms with Crippen LogP contribution in [-0.4, -0.2) is 44.1 Å². The van der Waals surface area contributed by atoms with E-state index in [4.69, 9.17) is 18.8 Å². The zero-order valence-electron chi connectivity index (χ0n) is 17.9. The number of esters is 1.